The summed E-state index contributed by atoms with van der Waals surface area (Å²) in [6.07, 6.45) is 1.54. The lowest BCUT2D eigenvalue weighted by atomic mass is 10.3. The molecule has 0 aliphatic carbocycles. The predicted octanol–water partition coefficient (Wildman–Crippen LogP) is 3.92. The quantitative estimate of drug-likeness (QED) is 0.671. The number of aromatic nitrogens is 3. The van der Waals surface area contributed by atoms with Crippen LogP contribution in [0.4, 0.5) is 0 Å². The SMILES string of the molecule is C=CCn1c([C@H](C)Oc2ccc(Cl)cc2)n[nH]c1=S. The predicted molar refractivity (Wildman–Crippen MR) is 78.1 cm³/mol. The second kappa shape index (κ2) is 6.04. The van der Waals surface area contributed by atoms with Gasteiger partial charge in [0, 0.05) is 11.6 Å². The van der Waals surface area contributed by atoms with E-state index in [-0.39, 0.29) is 6.10 Å². The first-order valence-corrected chi connectivity index (χ1v) is 6.58. The summed E-state index contributed by atoms with van der Waals surface area (Å²) in [6.45, 7) is 6.22. The van der Waals surface area contributed by atoms with E-state index >= 15 is 0 Å². The number of hydrogen-bond acceptors (Lipinski definition) is 3. The van der Waals surface area contributed by atoms with E-state index in [1.165, 1.54) is 0 Å². The number of allylic oxidation sites excluding steroid dienone is 1. The first-order valence-electron chi connectivity index (χ1n) is 5.80. The van der Waals surface area contributed by atoms with Crippen LogP contribution >= 0.6 is 23.8 Å². The van der Waals surface area contributed by atoms with Gasteiger partial charge in [0.15, 0.2) is 16.7 Å². The lowest BCUT2D eigenvalue weighted by molar-refractivity contribution is 0.211. The minimum atomic E-state index is -0.228. The number of halogens is 1. The smallest absolute Gasteiger partial charge is 0.195 e. The molecule has 2 rings (SSSR count). The van der Waals surface area contributed by atoms with Crippen molar-refractivity contribution in [2.45, 2.75) is 19.6 Å². The maximum Gasteiger partial charge on any atom is 0.195 e. The van der Waals surface area contributed by atoms with Gasteiger partial charge in [-0.2, -0.15) is 5.10 Å². The van der Waals surface area contributed by atoms with E-state index < -0.39 is 0 Å². The Morgan fingerprint density at radius 3 is 2.84 bits per heavy atom. The Balaban J connectivity index is 2.20. The van der Waals surface area contributed by atoms with Crippen LogP contribution in [0.3, 0.4) is 0 Å². The van der Waals surface area contributed by atoms with Crippen LogP contribution in [0.1, 0.15) is 18.9 Å². The van der Waals surface area contributed by atoms with Crippen molar-refractivity contribution >= 4 is 23.8 Å². The molecule has 0 saturated carbocycles. The Morgan fingerprint density at radius 2 is 2.21 bits per heavy atom. The third-order valence-corrected chi connectivity index (χ3v) is 3.15. The van der Waals surface area contributed by atoms with Crippen molar-refractivity contribution in [3.8, 4) is 5.75 Å². The van der Waals surface area contributed by atoms with Crippen molar-refractivity contribution < 1.29 is 4.74 Å². The van der Waals surface area contributed by atoms with Crippen LogP contribution in [0, 0.1) is 4.77 Å². The van der Waals surface area contributed by atoms with Crippen molar-refractivity contribution in [1.82, 2.24) is 14.8 Å². The molecule has 1 N–H and O–H groups in total. The number of hydrogen-bond donors (Lipinski definition) is 1. The molecule has 0 saturated heterocycles. The Labute approximate surface area is 121 Å². The van der Waals surface area contributed by atoms with Crippen LogP contribution in [0.2, 0.25) is 5.02 Å². The summed E-state index contributed by atoms with van der Waals surface area (Å²) in [4.78, 5) is 0. The van der Waals surface area contributed by atoms with Crippen molar-refractivity contribution in [3.05, 3.63) is 52.5 Å². The Morgan fingerprint density at radius 1 is 1.53 bits per heavy atom. The maximum atomic E-state index is 5.83. The molecule has 0 fully saturated rings. The number of ether oxygens (including phenoxy) is 1. The molecule has 6 heteroatoms. The normalized spacial score (nSPS) is 12.1. The zero-order valence-corrected chi connectivity index (χ0v) is 12.0. The zero-order valence-electron chi connectivity index (χ0n) is 10.5. The van der Waals surface area contributed by atoms with Gasteiger partial charge in [-0.05, 0) is 43.4 Å². The highest BCUT2D eigenvalue weighted by Crippen LogP contribution is 2.22. The molecule has 1 aromatic carbocycles. The molecule has 100 valence electrons. The van der Waals surface area contributed by atoms with Crippen LogP contribution in [0.15, 0.2) is 36.9 Å². The van der Waals surface area contributed by atoms with E-state index in [9.17, 15) is 0 Å². The number of rotatable bonds is 5. The fourth-order valence-corrected chi connectivity index (χ4v) is 2.06. The van der Waals surface area contributed by atoms with E-state index in [1.54, 1.807) is 18.2 Å². The summed E-state index contributed by atoms with van der Waals surface area (Å²) in [5.41, 5.74) is 0. The van der Waals surface area contributed by atoms with Crippen LogP contribution in [-0.4, -0.2) is 14.8 Å². The molecule has 0 bridgehead atoms. The molecule has 1 heterocycles. The van der Waals surface area contributed by atoms with E-state index in [4.69, 9.17) is 28.6 Å². The summed E-state index contributed by atoms with van der Waals surface area (Å²) >= 11 is 11.0. The number of nitrogens with one attached hydrogen (secondary N) is 1. The molecule has 0 unspecified atom stereocenters. The minimum absolute atomic E-state index is 0.228. The zero-order chi connectivity index (χ0) is 13.8. The summed E-state index contributed by atoms with van der Waals surface area (Å²) in [7, 11) is 0. The summed E-state index contributed by atoms with van der Waals surface area (Å²) in [5, 5.41) is 7.63. The van der Waals surface area contributed by atoms with Crippen molar-refractivity contribution in [1.29, 1.82) is 0 Å². The number of nitrogens with zero attached hydrogens (tertiary/aromatic N) is 2. The van der Waals surface area contributed by atoms with Gasteiger partial charge in [0.25, 0.3) is 0 Å². The molecule has 2 aromatic rings. The van der Waals surface area contributed by atoms with Gasteiger partial charge in [-0.25, -0.2) is 0 Å². The van der Waals surface area contributed by atoms with Gasteiger partial charge in [0.1, 0.15) is 5.75 Å². The third-order valence-electron chi connectivity index (χ3n) is 2.59. The molecule has 0 aliphatic rings. The van der Waals surface area contributed by atoms with Crippen LogP contribution < -0.4 is 4.74 Å². The summed E-state index contributed by atoms with van der Waals surface area (Å²) < 4.78 is 8.22. The number of benzene rings is 1. The third kappa shape index (κ3) is 3.24. The van der Waals surface area contributed by atoms with Crippen molar-refractivity contribution in [3.63, 3.8) is 0 Å². The summed E-state index contributed by atoms with van der Waals surface area (Å²) in [6, 6.07) is 7.20. The van der Waals surface area contributed by atoms with E-state index in [0.717, 1.165) is 11.6 Å². The monoisotopic (exact) mass is 295 g/mol. The average Bonchev–Trinajstić information content (AvgIpc) is 2.75. The van der Waals surface area contributed by atoms with Gasteiger partial charge in [-0.3, -0.25) is 9.67 Å². The Kier molecular flexibility index (Phi) is 4.39. The van der Waals surface area contributed by atoms with Gasteiger partial charge in [0.05, 0.1) is 0 Å². The first-order chi connectivity index (χ1) is 9.11. The van der Waals surface area contributed by atoms with Crippen LogP contribution in [0.25, 0.3) is 0 Å². The fourth-order valence-electron chi connectivity index (χ4n) is 1.72. The number of H-pyrrole nitrogens is 1. The Bertz CT molecular complexity index is 618. The van der Waals surface area contributed by atoms with E-state index in [0.29, 0.717) is 16.3 Å². The van der Waals surface area contributed by atoms with Gasteiger partial charge in [-0.1, -0.05) is 17.7 Å². The van der Waals surface area contributed by atoms with Crippen LogP contribution in [0.5, 0.6) is 5.75 Å². The molecule has 19 heavy (non-hydrogen) atoms. The first kappa shape index (κ1) is 13.8. The average molecular weight is 296 g/mol. The van der Waals surface area contributed by atoms with Crippen molar-refractivity contribution in [2.75, 3.05) is 0 Å². The second-order valence-electron chi connectivity index (χ2n) is 4.00. The lowest BCUT2D eigenvalue weighted by Gasteiger charge is -2.14. The fraction of sp³-hybridized carbons (Fsp3) is 0.231. The van der Waals surface area contributed by atoms with Gasteiger partial charge >= 0.3 is 0 Å². The molecule has 0 radical (unpaired) electrons. The second-order valence-corrected chi connectivity index (χ2v) is 4.82. The number of aromatic amines is 1. The molecule has 0 amide bonds. The van der Waals surface area contributed by atoms with Gasteiger partial charge in [0.2, 0.25) is 0 Å². The van der Waals surface area contributed by atoms with E-state index in [1.807, 2.05) is 23.6 Å². The maximum absolute atomic E-state index is 5.83. The Hall–Kier alpha value is -1.59. The highest BCUT2D eigenvalue weighted by molar-refractivity contribution is 7.71. The highest BCUT2D eigenvalue weighted by atomic mass is 35.5. The lowest BCUT2D eigenvalue weighted by Crippen LogP contribution is -2.11. The highest BCUT2D eigenvalue weighted by Gasteiger charge is 2.15. The minimum Gasteiger partial charge on any atom is -0.483 e. The van der Waals surface area contributed by atoms with Gasteiger partial charge in [-0.15, -0.1) is 6.58 Å². The summed E-state index contributed by atoms with van der Waals surface area (Å²) in [5.74, 6) is 1.47. The molecule has 0 aliphatic heterocycles. The van der Waals surface area contributed by atoms with E-state index in [2.05, 4.69) is 16.8 Å². The van der Waals surface area contributed by atoms with Crippen LogP contribution in [-0.2, 0) is 6.54 Å². The van der Waals surface area contributed by atoms with Crippen molar-refractivity contribution in [2.24, 2.45) is 0 Å². The largest absolute Gasteiger partial charge is 0.483 e. The molecule has 4 nitrogen and oxygen atoms in total. The molecule has 0 spiro atoms. The molecular weight excluding hydrogens is 282 g/mol. The molecule has 1 aromatic heterocycles. The molecular formula is C13H14ClN3OS. The van der Waals surface area contributed by atoms with Gasteiger partial charge < -0.3 is 4.74 Å². The standard InChI is InChI=1S/C13H14ClN3OS/c1-3-8-17-12(15-16-13(17)19)9(2)18-11-6-4-10(14)5-7-11/h3-7,9H,1,8H2,2H3,(H,16,19)/t9-/m0/s1. The molecule has 1 atom stereocenters. The topological polar surface area (TPSA) is 42.8 Å².